The van der Waals surface area contributed by atoms with Gasteiger partial charge in [0.05, 0.1) is 0 Å². The molecular weight excluding hydrogens is 238 g/mol. The van der Waals surface area contributed by atoms with Crippen LogP contribution in [-0.2, 0) is 0 Å². The van der Waals surface area contributed by atoms with Crippen molar-refractivity contribution < 1.29 is 9.84 Å². The first-order valence-corrected chi connectivity index (χ1v) is 5.29. The van der Waals surface area contributed by atoms with Gasteiger partial charge in [-0.2, -0.15) is 0 Å². The van der Waals surface area contributed by atoms with Crippen molar-refractivity contribution in [3.05, 3.63) is 42.5 Å². The standard InChI is InChI=1S/C13H15NO2.ClH/c14-8-12(15)9-16-13-6-5-10-3-1-2-4-11(10)7-13;/h1-7,12,15H,8-9,14H2;1H. The second kappa shape index (κ2) is 6.45. The smallest absolute Gasteiger partial charge is 0.120 e. The van der Waals surface area contributed by atoms with Crippen molar-refractivity contribution >= 4 is 23.2 Å². The van der Waals surface area contributed by atoms with Gasteiger partial charge < -0.3 is 15.6 Å². The Balaban J connectivity index is 0.00000144. The van der Waals surface area contributed by atoms with E-state index in [-0.39, 0.29) is 25.6 Å². The fraction of sp³-hybridized carbons (Fsp3) is 0.231. The normalized spacial score (nSPS) is 11.9. The molecule has 0 aromatic heterocycles. The molecule has 2 aromatic carbocycles. The minimum absolute atomic E-state index is 0. The third-order valence-corrected chi connectivity index (χ3v) is 2.44. The van der Waals surface area contributed by atoms with E-state index in [2.05, 4.69) is 0 Å². The molecule has 1 unspecified atom stereocenters. The van der Waals surface area contributed by atoms with E-state index in [0.717, 1.165) is 11.1 Å². The van der Waals surface area contributed by atoms with E-state index >= 15 is 0 Å². The zero-order chi connectivity index (χ0) is 11.4. The molecule has 0 aliphatic rings. The van der Waals surface area contributed by atoms with Crippen LogP contribution in [0.5, 0.6) is 5.75 Å². The molecule has 0 amide bonds. The summed E-state index contributed by atoms with van der Waals surface area (Å²) in [5.74, 6) is 0.756. The van der Waals surface area contributed by atoms with E-state index in [1.807, 2.05) is 42.5 Å². The van der Waals surface area contributed by atoms with E-state index in [0.29, 0.717) is 0 Å². The molecule has 0 aliphatic carbocycles. The van der Waals surface area contributed by atoms with Gasteiger partial charge in [0.15, 0.2) is 0 Å². The molecule has 0 radical (unpaired) electrons. The highest BCUT2D eigenvalue weighted by Crippen LogP contribution is 2.20. The third-order valence-electron chi connectivity index (χ3n) is 2.44. The van der Waals surface area contributed by atoms with E-state index in [1.54, 1.807) is 0 Å². The third kappa shape index (κ3) is 3.60. The molecule has 0 spiro atoms. The average Bonchev–Trinajstić information content (AvgIpc) is 2.35. The lowest BCUT2D eigenvalue weighted by Gasteiger charge is -2.10. The Kier molecular flexibility index (Phi) is 5.22. The minimum atomic E-state index is -0.605. The maximum absolute atomic E-state index is 9.28. The number of halogens is 1. The fourth-order valence-corrected chi connectivity index (χ4v) is 1.52. The maximum atomic E-state index is 9.28. The van der Waals surface area contributed by atoms with Crippen LogP contribution in [0, 0.1) is 0 Å². The van der Waals surface area contributed by atoms with Crippen LogP contribution in [0.4, 0.5) is 0 Å². The second-order valence-corrected chi connectivity index (χ2v) is 3.71. The van der Waals surface area contributed by atoms with Gasteiger partial charge in [0.2, 0.25) is 0 Å². The van der Waals surface area contributed by atoms with Crippen LogP contribution < -0.4 is 10.5 Å². The van der Waals surface area contributed by atoms with E-state index < -0.39 is 6.10 Å². The van der Waals surface area contributed by atoms with Crippen LogP contribution in [0.25, 0.3) is 10.8 Å². The quantitative estimate of drug-likeness (QED) is 0.876. The van der Waals surface area contributed by atoms with Crippen molar-refractivity contribution in [1.82, 2.24) is 0 Å². The van der Waals surface area contributed by atoms with Crippen LogP contribution in [0.3, 0.4) is 0 Å². The zero-order valence-electron chi connectivity index (χ0n) is 9.37. The lowest BCUT2D eigenvalue weighted by Crippen LogP contribution is -2.26. The largest absolute Gasteiger partial charge is 0.491 e. The lowest BCUT2D eigenvalue weighted by molar-refractivity contribution is 0.114. The second-order valence-electron chi connectivity index (χ2n) is 3.71. The van der Waals surface area contributed by atoms with Crippen LogP contribution in [0.2, 0.25) is 0 Å². The van der Waals surface area contributed by atoms with Crippen molar-refractivity contribution in [2.24, 2.45) is 5.73 Å². The van der Waals surface area contributed by atoms with Crippen LogP contribution >= 0.6 is 12.4 Å². The molecule has 92 valence electrons. The average molecular weight is 254 g/mol. The molecule has 0 fully saturated rings. The summed E-state index contributed by atoms with van der Waals surface area (Å²) in [6.45, 7) is 0.447. The number of rotatable bonds is 4. The molecule has 4 heteroatoms. The summed E-state index contributed by atoms with van der Waals surface area (Å²) in [7, 11) is 0. The number of nitrogens with two attached hydrogens (primary N) is 1. The first kappa shape index (κ1) is 13.8. The Morgan fingerprint density at radius 2 is 1.82 bits per heavy atom. The summed E-state index contributed by atoms with van der Waals surface area (Å²) >= 11 is 0. The molecule has 3 N–H and O–H groups in total. The summed E-state index contributed by atoms with van der Waals surface area (Å²) in [6.07, 6.45) is -0.605. The molecule has 1 atom stereocenters. The van der Waals surface area contributed by atoms with Gasteiger partial charge in [-0.1, -0.05) is 30.3 Å². The number of hydrogen-bond acceptors (Lipinski definition) is 3. The number of fused-ring (bicyclic) bond motifs is 1. The van der Waals surface area contributed by atoms with E-state index in [1.165, 1.54) is 5.39 Å². The van der Waals surface area contributed by atoms with E-state index in [9.17, 15) is 5.11 Å². The van der Waals surface area contributed by atoms with Gasteiger partial charge >= 0.3 is 0 Å². The van der Waals surface area contributed by atoms with Crippen molar-refractivity contribution in [3.63, 3.8) is 0 Å². The molecule has 17 heavy (non-hydrogen) atoms. The van der Waals surface area contributed by atoms with Crippen LogP contribution in [-0.4, -0.2) is 24.4 Å². The van der Waals surface area contributed by atoms with Gasteiger partial charge in [-0.25, -0.2) is 0 Å². The number of ether oxygens (including phenoxy) is 1. The van der Waals surface area contributed by atoms with Crippen molar-refractivity contribution in [2.75, 3.05) is 13.2 Å². The number of benzene rings is 2. The molecule has 2 rings (SSSR count). The van der Waals surface area contributed by atoms with Crippen molar-refractivity contribution in [3.8, 4) is 5.75 Å². The molecule has 0 bridgehead atoms. The SMILES string of the molecule is Cl.NCC(O)COc1ccc2ccccc2c1. The highest BCUT2D eigenvalue weighted by Gasteiger charge is 2.02. The summed E-state index contributed by atoms with van der Waals surface area (Å²) in [6, 6.07) is 13.9. The number of aliphatic hydroxyl groups excluding tert-OH is 1. The van der Waals surface area contributed by atoms with Crippen molar-refractivity contribution in [1.29, 1.82) is 0 Å². The molecule has 0 saturated heterocycles. The monoisotopic (exact) mass is 253 g/mol. The van der Waals surface area contributed by atoms with Crippen molar-refractivity contribution in [2.45, 2.75) is 6.10 Å². The topological polar surface area (TPSA) is 55.5 Å². The van der Waals surface area contributed by atoms with Gasteiger partial charge in [0, 0.05) is 6.54 Å². The van der Waals surface area contributed by atoms with Gasteiger partial charge in [0.1, 0.15) is 18.5 Å². The molecule has 2 aromatic rings. The first-order chi connectivity index (χ1) is 7.79. The number of hydrogen-bond donors (Lipinski definition) is 2. The molecule has 0 aliphatic heterocycles. The van der Waals surface area contributed by atoms with Gasteiger partial charge in [-0.3, -0.25) is 0 Å². The Morgan fingerprint density at radius 1 is 1.12 bits per heavy atom. The zero-order valence-corrected chi connectivity index (χ0v) is 10.2. The summed E-state index contributed by atoms with van der Waals surface area (Å²) < 4.78 is 5.44. The van der Waals surface area contributed by atoms with Crippen LogP contribution in [0.15, 0.2) is 42.5 Å². The Morgan fingerprint density at radius 3 is 2.53 bits per heavy atom. The molecule has 0 saturated carbocycles. The molecule has 0 heterocycles. The predicted molar refractivity (Wildman–Crippen MR) is 71.8 cm³/mol. The molecular formula is C13H16ClNO2. The van der Waals surface area contributed by atoms with Gasteiger partial charge in [0.25, 0.3) is 0 Å². The highest BCUT2D eigenvalue weighted by molar-refractivity contribution is 5.85. The van der Waals surface area contributed by atoms with E-state index in [4.69, 9.17) is 10.5 Å². The molecule has 3 nitrogen and oxygen atoms in total. The predicted octanol–water partition coefficient (Wildman–Crippen LogP) is 1.96. The van der Waals surface area contributed by atoms with Gasteiger partial charge in [-0.05, 0) is 22.9 Å². The Hall–Kier alpha value is -1.29. The fourth-order valence-electron chi connectivity index (χ4n) is 1.52. The maximum Gasteiger partial charge on any atom is 0.120 e. The minimum Gasteiger partial charge on any atom is -0.491 e. The summed E-state index contributed by atoms with van der Waals surface area (Å²) in [5, 5.41) is 11.6. The van der Waals surface area contributed by atoms with Crippen LogP contribution in [0.1, 0.15) is 0 Å². The summed E-state index contributed by atoms with van der Waals surface area (Å²) in [4.78, 5) is 0. The highest BCUT2D eigenvalue weighted by atomic mass is 35.5. The first-order valence-electron chi connectivity index (χ1n) is 5.29. The number of aliphatic hydroxyl groups is 1. The summed E-state index contributed by atoms with van der Waals surface area (Å²) in [5.41, 5.74) is 5.30. The Bertz CT molecular complexity index is 476. The van der Waals surface area contributed by atoms with Gasteiger partial charge in [-0.15, -0.1) is 12.4 Å². The Labute approximate surface area is 107 Å². The lowest BCUT2D eigenvalue weighted by atomic mass is 10.1.